The first-order valence-corrected chi connectivity index (χ1v) is 11.8. The van der Waals surface area contributed by atoms with Crippen LogP contribution in [0.1, 0.15) is 11.1 Å². The van der Waals surface area contributed by atoms with Gasteiger partial charge in [0, 0.05) is 50.3 Å². The summed E-state index contributed by atoms with van der Waals surface area (Å²) in [4.78, 5) is 18.7. The monoisotopic (exact) mass is 440 g/mol. The van der Waals surface area contributed by atoms with Gasteiger partial charge in [-0.15, -0.1) is 11.6 Å². The maximum absolute atomic E-state index is 12.0. The first kappa shape index (κ1) is 19.8. The van der Waals surface area contributed by atoms with Crippen LogP contribution in [0.25, 0.3) is 10.1 Å². The fourth-order valence-electron chi connectivity index (χ4n) is 4.51. The molecule has 0 bridgehead atoms. The molecule has 0 atom stereocenters. The lowest BCUT2D eigenvalue weighted by molar-refractivity contribution is -0.116. The van der Waals surface area contributed by atoms with Gasteiger partial charge >= 0.3 is 0 Å². The van der Waals surface area contributed by atoms with E-state index in [9.17, 15) is 4.79 Å². The number of fused-ring (bicyclic) bond motifs is 2. The Morgan fingerprint density at radius 3 is 2.73 bits per heavy atom. The molecule has 5 nitrogen and oxygen atoms in total. The number of rotatable bonds is 5. The Bertz CT molecular complexity index is 1060. The number of anilines is 2. The average molecular weight is 441 g/mol. The zero-order valence-corrected chi connectivity index (χ0v) is 18.5. The second kappa shape index (κ2) is 8.53. The fourth-order valence-corrected chi connectivity index (χ4v) is 5.45. The predicted octanol–water partition coefficient (Wildman–Crippen LogP) is 3.79. The van der Waals surface area contributed by atoms with Crippen LogP contribution in [0, 0.1) is 0 Å². The standard InChI is InChI=1S/C23H25ClN4OS/c24-16-22(29)28-10-8-18-15-17(5-6-20(18)28)7-9-26-11-13-27(14-12-26)23-19-3-1-2-4-21(19)30-25-23/h1-6,15H,7-14,16H2. The second-order valence-corrected chi connectivity index (χ2v) is 9.05. The number of alkyl halides is 1. The largest absolute Gasteiger partial charge is 0.353 e. The summed E-state index contributed by atoms with van der Waals surface area (Å²) in [5.41, 5.74) is 3.65. The number of halogens is 1. The minimum atomic E-state index is -0.00562. The van der Waals surface area contributed by atoms with Crippen molar-refractivity contribution in [1.82, 2.24) is 9.27 Å². The molecule has 1 amide bonds. The Labute approximate surface area is 186 Å². The smallest absolute Gasteiger partial charge is 0.241 e. The lowest BCUT2D eigenvalue weighted by atomic mass is 10.1. The number of benzene rings is 2. The zero-order valence-electron chi connectivity index (χ0n) is 16.9. The SMILES string of the molecule is O=C(CCl)N1CCc2cc(CCN3CCN(c4nsc5ccccc45)CC3)ccc21. The van der Waals surface area contributed by atoms with Crippen molar-refractivity contribution >= 4 is 50.6 Å². The van der Waals surface area contributed by atoms with E-state index in [-0.39, 0.29) is 11.8 Å². The van der Waals surface area contributed by atoms with E-state index in [1.807, 2.05) is 4.90 Å². The Kier molecular flexibility index (Phi) is 5.63. The first-order chi connectivity index (χ1) is 14.7. The molecule has 2 aromatic carbocycles. The lowest BCUT2D eigenvalue weighted by Gasteiger charge is -2.35. The quantitative estimate of drug-likeness (QED) is 0.566. The highest BCUT2D eigenvalue weighted by Gasteiger charge is 2.24. The number of amides is 1. The van der Waals surface area contributed by atoms with Crippen molar-refractivity contribution in [3.8, 4) is 0 Å². The van der Waals surface area contributed by atoms with Gasteiger partial charge in [-0.25, -0.2) is 0 Å². The van der Waals surface area contributed by atoms with Gasteiger partial charge in [0.1, 0.15) is 11.7 Å². The van der Waals surface area contributed by atoms with Crippen LogP contribution >= 0.6 is 23.1 Å². The van der Waals surface area contributed by atoms with Gasteiger partial charge in [-0.1, -0.05) is 24.3 Å². The van der Waals surface area contributed by atoms with Crippen molar-refractivity contribution in [3.05, 3.63) is 53.6 Å². The van der Waals surface area contributed by atoms with Gasteiger partial charge in [0.2, 0.25) is 5.91 Å². The fraction of sp³-hybridized carbons (Fsp3) is 0.391. The molecule has 156 valence electrons. The molecule has 0 spiro atoms. The van der Waals surface area contributed by atoms with E-state index in [2.05, 4.69) is 52.3 Å². The topological polar surface area (TPSA) is 39.7 Å². The van der Waals surface area contributed by atoms with Gasteiger partial charge in [0.15, 0.2) is 0 Å². The molecular formula is C23H25ClN4OS. The predicted molar refractivity (Wildman–Crippen MR) is 125 cm³/mol. The van der Waals surface area contributed by atoms with Crippen molar-refractivity contribution in [2.24, 2.45) is 0 Å². The Morgan fingerprint density at radius 2 is 1.90 bits per heavy atom. The summed E-state index contributed by atoms with van der Waals surface area (Å²) in [6.45, 7) is 5.98. The molecule has 0 N–H and O–H groups in total. The minimum Gasteiger partial charge on any atom is -0.353 e. The summed E-state index contributed by atoms with van der Waals surface area (Å²) in [6, 6.07) is 15.0. The molecule has 0 aliphatic carbocycles. The van der Waals surface area contributed by atoms with Crippen molar-refractivity contribution in [1.29, 1.82) is 0 Å². The highest BCUT2D eigenvalue weighted by molar-refractivity contribution is 7.13. The normalized spacial score (nSPS) is 17.0. The molecule has 30 heavy (non-hydrogen) atoms. The third-order valence-electron chi connectivity index (χ3n) is 6.20. The van der Waals surface area contributed by atoms with Gasteiger partial charge in [0.25, 0.3) is 0 Å². The number of hydrogen-bond acceptors (Lipinski definition) is 5. The molecule has 3 aromatic rings. The Hall–Kier alpha value is -2.15. The number of hydrogen-bond donors (Lipinski definition) is 0. The van der Waals surface area contributed by atoms with Crippen LogP contribution in [-0.4, -0.2) is 60.3 Å². The summed E-state index contributed by atoms with van der Waals surface area (Å²) < 4.78 is 5.97. The minimum absolute atomic E-state index is 0.00562. The molecule has 1 aromatic heterocycles. The zero-order chi connectivity index (χ0) is 20.5. The number of carbonyl (C=O) groups excluding carboxylic acids is 1. The molecule has 7 heteroatoms. The summed E-state index contributed by atoms with van der Waals surface area (Å²) >= 11 is 7.33. The maximum Gasteiger partial charge on any atom is 0.241 e. The molecule has 2 aliphatic rings. The lowest BCUT2D eigenvalue weighted by Crippen LogP contribution is -2.47. The summed E-state index contributed by atoms with van der Waals surface area (Å²) in [6.07, 6.45) is 1.96. The van der Waals surface area contributed by atoms with Crippen molar-refractivity contribution in [2.75, 3.05) is 54.9 Å². The van der Waals surface area contributed by atoms with Gasteiger partial charge in [-0.3, -0.25) is 9.69 Å². The van der Waals surface area contributed by atoms with E-state index in [1.54, 1.807) is 11.5 Å². The van der Waals surface area contributed by atoms with Crippen molar-refractivity contribution in [3.63, 3.8) is 0 Å². The third kappa shape index (κ3) is 3.80. The second-order valence-electron chi connectivity index (χ2n) is 7.97. The van der Waals surface area contributed by atoms with Crippen molar-refractivity contribution < 1.29 is 4.79 Å². The molecular weight excluding hydrogens is 416 g/mol. The highest BCUT2D eigenvalue weighted by Crippen LogP contribution is 2.31. The van der Waals surface area contributed by atoms with Crippen LogP contribution in [0.15, 0.2) is 42.5 Å². The van der Waals surface area contributed by atoms with Crippen LogP contribution in [0.4, 0.5) is 11.5 Å². The number of piperazine rings is 1. The summed E-state index contributed by atoms with van der Waals surface area (Å²) in [5.74, 6) is 1.18. The van der Waals surface area contributed by atoms with Gasteiger partial charge < -0.3 is 9.80 Å². The van der Waals surface area contributed by atoms with E-state index in [1.165, 1.54) is 21.2 Å². The van der Waals surface area contributed by atoms with Crippen LogP contribution in [0.3, 0.4) is 0 Å². The van der Waals surface area contributed by atoms with Crippen LogP contribution < -0.4 is 9.80 Å². The number of carbonyl (C=O) groups is 1. The van der Waals surface area contributed by atoms with Crippen molar-refractivity contribution in [2.45, 2.75) is 12.8 Å². The molecule has 0 radical (unpaired) electrons. The van der Waals surface area contributed by atoms with E-state index in [0.717, 1.165) is 63.6 Å². The van der Waals surface area contributed by atoms with E-state index < -0.39 is 0 Å². The molecule has 5 rings (SSSR count). The Balaban J connectivity index is 1.17. The summed E-state index contributed by atoms with van der Waals surface area (Å²) in [5, 5.41) is 1.27. The van der Waals surface area contributed by atoms with Crippen LogP contribution in [-0.2, 0) is 17.6 Å². The maximum atomic E-state index is 12.0. The molecule has 2 aliphatic heterocycles. The Morgan fingerprint density at radius 1 is 1.07 bits per heavy atom. The van der Waals surface area contributed by atoms with E-state index in [0.29, 0.717) is 0 Å². The van der Waals surface area contributed by atoms with Gasteiger partial charge in [-0.05, 0) is 53.7 Å². The molecule has 1 fully saturated rings. The average Bonchev–Trinajstić information content (AvgIpc) is 3.41. The molecule has 0 unspecified atom stereocenters. The number of nitrogens with zero attached hydrogens (tertiary/aromatic N) is 4. The highest BCUT2D eigenvalue weighted by atomic mass is 35.5. The number of aromatic nitrogens is 1. The molecule has 0 saturated carbocycles. The van der Waals surface area contributed by atoms with Crippen LogP contribution in [0.2, 0.25) is 0 Å². The summed E-state index contributed by atoms with van der Waals surface area (Å²) in [7, 11) is 0. The first-order valence-electron chi connectivity index (χ1n) is 10.5. The van der Waals surface area contributed by atoms with Crippen LogP contribution in [0.5, 0.6) is 0 Å². The van der Waals surface area contributed by atoms with Gasteiger partial charge in [-0.2, -0.15) is 4.37 Å². The molecule has 1 saturated heterocycles. The van der Waals surface area contributed by atoms with E-state index >= 15 is 0 Å². The van der Waals surface area contributed by atoms with E-state index in [4.69, 9.17) is 16.0 Å². The third-order valence-corrected chi connectivity index (χ3v) is 7.25. The van der Waals surface area contributed by atoms with Gasteiger partial charge in [0.05, 0.1) is 4.70 Å². The molecule has 3 heterocycles.